The topological polar surface area (TPSA) is 99.6 Å². The molecule has 0 unspecified atom stereocenters. The first kappa shape index (κ1) is 17.6. The first-order chi connectivity index (χ1) is 13.5. The molecule has 148 valence electrons. The number of amides is 3. The predicted octanol–water partition coefficient (Wildman–Crippen LogP) is 2.32. The van der Waals surface area contributed by atoms with E-state index in [2.05, 4.69) is 10.3 Å². The second-order valence-corrected chi connectivity index (χ2v) is 8.86. The number of fused-ring (bicyclic) bond motifs is 5. The van der Waals surface area contributed by atoms with Crippen LogP contribution in [0.4, 0.5) is 5.69 Å². The zero-order chi connectivity index (χ0) is 19.4. The predicted molar refractivity (Wildman–Crippen MR) is 99.9 cm³/mol. The van der Waals surface area contributed by atoms with Crippen molar-refractivity contribution in [3.63, 3.8) is 0 Å². The molecule has 0 spiro atoms. The van der Waals surface area contributed by atoms with Gasteiger partial charge in [-0.15, -0.1) is 0 Å². The van der Waals surface area contributed by atoms with Crippen LogP contribution >= 0.6 is 0 Å². The molecule has 5 rings (SSSR count). The average Bonchev–Trinajstić information content (AvgIpc) is 3.36. The van der Waals surface area contributed by atoms with Gasteiger partial charge in [0.25, 0.3) is 0 Å². The summed E-state index contributed by atoms with van der Waals surface area (Å²) < 4.78 is 0. The lowest BCUT2D eigenvalue weighted by atomic mass is 9.81. The number of aromatic hydroxyl groups is 1. The first-order valence-electron chi connectivity index (χ1n) is 10.3. The van der Waals surface area contributed by atoms with Crippen LogP contribution in [0.1, 0.15) is 44.9 Å². The summed E-state index contributed by atoms with van der Waals surface area (Å²) in [7, 11) is 0. The molecule has 0 radical (unpaired) electrons. The van der Waals surface area contributed by atoms with Crippen LogP contribution in [-0.4, -0.2) is 38.8 Å². The fourth-order valence-electron chi connectivity index (χ4n) is 6.13. The normalized spacial score (nSPS) is 36.6. The molecule has 1 aliphatic heterocycles. The molecule has 28 heavy (non-hydrogen) atoms. The van der Waals surface area contributed by atoms with E-state index in [9.17, 15) is 19.5 Å². The summed E-state index contributed by atoms with van der Waals surface area (Å²) in [5, 5.41) is 12.3. The van der Waals surface area contributed by atoms with Crippen LogP contribution in [0.25, 0.3) is 0 Å². The quantitative estimate of drug-likeness (QED) is 0.781. The molecule has 2 N–H and O–H groups in total. The van der Waals surface area contributed by atoms with Crippen molar-refractivity contribution in [1.29, 1.82) is 0 Å². The largest absolute Gasteiger partial charge is 0.506 e. The molecule has 1 aromatic rings. The number of imide groups is 1. The van der Waals surface area contributed by atoms with Gasteiger partial charge in [0.05, 0.1) is 29.9 Å². The molecule has 1 aromatic heterocycles. The number of hydrogen-bond donors (Lipinski definition) is 2. The summed E-state index contributed by atoms with van der Waals surface area (Å²) in [6.07, 6.45) is 8.72. The van der Waals surface area contributed by atoms with E-state index in [0.717, 1.165) is 19.3 Å². The number of aromatic nitrogens is 1. The number of rotatable bonds is 3. The van der Waals surface area contributed by atoms with Gasteiger partial charge in [-0.1, -0.05) is 0 Å². The molecule has 2 heterocycles. The van der Waals surface area contributed by atoms with Crippen molar-refractivity contribution < 1.29 is 19.5 Å². The lowest BCUT2D eigenvalue weighted by Crippen LogP contribution is -2.44. The zero-order valence-electron chi connectivity index (χ0n) is 15.7. The average molecular weight is 383 g/mol. The van der Waals surface area contributed by atoms with Gasteiger partial charge in [0.15, 0.2) is 0 Å². The Hall–Kier alpha value is -2.44. The molecule has 0 aromatic carbocycles. The standard InChI is InChI=1S/C21H25N3O4/c25-16-8-14(9-22-10-16)23-19(26)11-3-5-15(6-4-11)24-20(27)17-12-1-2-13(7-12)18(17)21(24)28/h8-13,15,17-18,25H,1-7H2,(H,23,26)/t11-,12-,13+,15-,17-,18+. The third-order valence-electron chi connectivity index (χ3n) is 7.39. The van der Waals surface area contributed by atoms with Crippen molar-refractivity contribution >= 4 is 23.4 Å². The highest BCUT2D eigenvalue weighted by Crippen LogP contribution is 2.56. The Labute approximate surface area is 163 Å². The van der Waals surface area contributed by atoms with E-state index in [-0.39, 0.29) is 47.3 Å². The summed E-state index contributed by atoms with van der Waals surface area (Å²) in [6.45, 7) is 0. The fraction of sp³-hybridized carbons (Fsp3) is 0.619. The Morgan fingerprint density at radius 1 is 1.00 bits per heavy atom. The van der Waals surface area contributed by atoms with Gasteiger partial charge in [0.2, 0.25) is 17.7 Å². The number of hydrogen-bond acceptors (Lipinski definition) is 5. The number of likely N-dealkylation sites (tertiary alicyclic amines) is 1. The first-order valence-corrected chi connectivity index (χ1v) is 10.3. The molecule has 1 saturated heterocycles. The highest BCUT2D eigenvalue weighted by Gasteiger charge is 2.61. The number of carbonyl (C=O) groups is 3. The minimum atomic E-state index is -0.151. The van der Waals surface area contributed by atoms with Crippen LogP contribution < -0.4 is 5.32 Å². The van der Waals surface area contributed by atoms with Gasteiger partial charge in [0.1, 0.15) is 5.75 Å². The van der Waals surface area contributed by atoms with E-state index in [1.165, 1.54) is 18.5 Å². The van der Waals surface area contributed by atoms with Gasteiger partial charge in [0, 0.05) is 18.0 Å². The second-order valence-electron chi connectivity index (χ2n) is 8.86. The van der Waals surface area contributed by atoms with Crippen molar-refractivity contribution in [2.75, 3.05) is 5.32 Å². The van der Waals surface area contributed by atoms with E-state index in [1.54, 1.807) is 4.90 Å². The maximum atomic E-state index is 13.0. The van der Waals surface area contributed by atoms with E-state index in [4.69, 9.17) is 0 Å². The van der Waals surface area contributed by atoms with E-state index < -0.39 is 0 Å². The smallest absolute Gasteiger partial charge is 0.233 e. The minimum absolute atomic E-state index is 0.00656. The van der Waals surface area contributed by atoms with Crippen molar-refractivity contribution in [1.82, 2.24) is 9.88 Å². The summed E-state index contributed by atoms with van der Waals surface area (Å²) in [5.74, 6) is 0.566. The van der Waals surface area contributed by atoms with Crippen molar-refractivity contribution in [3.8, 4) is 5.75 Å². The molecule has 2 bridgehead atoms. The summed E-state index contributed by atoms with van der Waals surface area (Å²) in [6, 6.07) is 1.40. The van der Waals surface area contributed by atoms with Gasteiger partial charge < -0.3 is 10.4 Å². The van der Waals surface area contributed by atoms with Crippen molar-refractivity contribution in [2.45, 2.75) is 51.0 Å². The molecule has 3 amide bonds. The fourth-order valence-corrected chi connectivity index (χ4v) is 6.13. The Morgan fingerprint density at radius 2 is 1.64 bits per heavy atom. The second kappa shape index (κ2) is 6.57. The van der Waals surface area contributed by atoms with E-state index in [1.807, 2.05) is 0 Å². The summed E-state index contributed by atoms with van der Waals surface area (Å²) >= 11 is 0. The Kier molecular flexibility index (Phi) is 4.14. The van der Waals surface area contributed by atoms with Crippen LogP contribution in [0.2, 0.25) is 0 Å². The molecular formula is C21H25N3O4. The molecule has 7 nitrogen and oxygen atoms in total. The van der Waals surface area contributed by atoms with E-state index in [0.29, 0.717) is 43.2 Å². The summed E-state index contributed by atoms with van der Waals surface area (Å²) in [4.78, 5) is 43.9. The molecule has 7 heteroatoms. The number of nitrogens with one attached hydrogen (secondary N) is 1. The molecule has 3 saturated carbocycles. The van der Waals surface area contributed by atoms with Gasteiger partial charge in [-0.25, -0.2) is 0 Å². The zero-order valence-corrected chi connectivity index (χ0v) is 15.7. The minimum Gasteiger partial charge on any atom is -0.506 e. The van der Waals surface area contributed by atoms with Crippen molar-refractivity contribution in [2.24, 2.45) is 29.6 Å². The molecule has 4 fully saturated rings. The number of nitrogens with zero attached hydrogens (tertiary/aromatic N) is 2. The highest BCUT2D eigenvalue weighted by molar-refractivity contribution is 6.06. The number of anilines is 1. The van der Waals surface area contributed by atoms with Gasteiger partial charge in [-0.3, -0.25) is 24.3 Å². The van der Waals surface area contributed by atoms with Crippen LogP contribution in [0.3, 0.4) is 0 Å². The Bertz CT molecular complexity index is 805. The molecule has 4 atom stereocenters. The molecular weight excluding hydrogens is 358 g/mol. The van der Waals surface area contributed by atoms with Crippen molar-refractivity contribution in [3.05, 3.63) is 18.5 Å². The Morgan fingerprint density at radius 3 is 2.25 bits per heavy atom. The third kappa shape index (κ3) is 2.71. The molecule has 3 aliphatic carbocycles. The Balaban J connectivity index is 1.21. The lowest BCUT2D eigenvalue weighted by molar-refractivity contribution is -0.144. The van der Waals surface area contributed by atoms with Crippen LogP contribution in [-0.2, 0) is 14.4 Å². The van der Waals surface area contributed by atoms with Crippen LogP contribution in [0, 0.1) is 29.6 Å². The van der Waals surface area contributed by atoms with Gasteiger partial charge >= 0.3 is 0 Å². The SMILES string of the molecule is O=C1[C@@H]2[C@@H]3CC[C@@H](C3)[C@@H]2C(=O)N1[C@H]1CC[C@H](C(=O)Nc2cncc(O)c2)CC1. The molecule has 4 aliphatic rings. The highest BCUT2D eigenvalue weighted by atomic mass is 16.3. The summed E-state index contributed by atoms with van der Waals surface area (Å²) in [5.41, 5.74) is 0.473. The third-order valence-corrected chi connectivity index (χ3v) is 7.39. The van der Waals surface area contributed by atoms with Crippen LogP contribution in [0.15, 0.2) is 18.5 Å². The van der Waals surface area contributed by atoms with E-state index >= 15 is 0 Å². The van der Waals surface area contributed by atoms with Crippen LogP contribution in [0.5, 0.6) is 5.75 Å². The van der Waals surface area contributed by atoms with Gasteiger partial charge in [-0.2, -0.15) is 0 Å². The maximum absolute atomic E-state index is 13.0. The lowest BCUT2D eigenvalue weighted by Gasteiger charge is -2.33. The maximum Gasteiger partial charge on any atom is 0.233 e. The monoisotopic (exact) mass is 383 g/mol. The number of pyridine rings is 1. The number of carbonyl (C=O) groups excluding carboxylic acids is 3. The van der Waals surface area contributed by atoms with Gasteiger partial charge in [-0.05, 0) is 56.8 Å².